The number of aryl methyl sites for hydroxylation is 1. The molecule has 1 N–H and O–H groups in total. The monoisotopic (exact) mass is 351 g/mol. The van der Waals surface area contributed by atoms with E-state index < -0.39 is 0 Å². The Morgan fingerprint density at radius 1 is 1.39 bits per heavy atom. The van der Waals surface area contributed by atoms with E-state index in [4.69, 9.17) is 8.94 Å². The summed E-state index contributed by atoms with van der Waals surface area (Å²) in [7, 11) is 0. The Balaban J connectivity index is 1.55. The number of hydrogen-bond donors (Lipinski definition) is 1. The summed E-state index contributed by atoms with van der Waals surface area (Å²) in [6.45, 7) is 4.70. The molecule has 0 saturated carbocycles. The summed E-state index contributed by atoms with van der Waals surface area (Å²) >= 11 is 3.05. The maximum Gasteiger partial charge on any atom is 0.239 e. The number of nitrogens with one attached hydrogen (secondary N) is 1. The van der Waals surface area contributed by atoms with Crippen molar-refractivity contribution in [2.75, 3.05) is 5.32 Å². The highest BCUT2D eigenvalue weighted by molar-refractivity contribution is 8.01. The molecule has 9 heteroatoms. The smallest absolute Gasteiger partial charge is 0.239 e. The van der Waals surface area contributed by atoms with Crippen molar-refractivity contribution in [3.05, 3.63) is 35.9 Å². The van der Waals surface area contributed by atoms with Crippen molar-refractivity contribution < 1.29 is 8.94 Å². The molecular weight excluding hydrogens is 334 g/mol. The fourth-order valence-corrected chi connectivity index (χ4v) is 3.79. The zero-order chi connectivity index (χ0) is 16.1. The predicted octanol–water partition coefficient (Wildman–Crippen LogP) is 3.93. The lowest BCUT2D eigenvalue weighted by Crippen LogP contribution is -1.96. The molecule has 0 saturated heterocycles. The molecular formula is C14H17N5O2S2. The molecule has 0 aliphatic carbocycles. The number of hydrogen-bond acceptors (Lipinski definition) is 9. The van der Waals surface area contributed by atoms with Crippen LogP contribution in [-0.4, -0.2) is 20.3 Å². The van der Waals surface area contributed by atoms with E-state index in [1.807, 2.05) is 19.1 Å². The van der Waals surface area contributed by atoms with Crippen LogP contribution in [0.25, 0.3) is 0 Å². The summed E-state index contributed by atoms with van der Waals surface area (Å²) in [6.07, 6.45) is 3.49. The average Bonchev–Trinajstić information content (AvgIpc) is 3.27. The molecule has 0 amide bonds. The normalized spacial score (nSPS) is 12.4. The quantitative estimate of drug-likeness (QED) is 0.611. The van der Waals surface area contributed by atoms with Crippen molar-refractivity contribution in [1.82, 2.24) is 20.3 Å². The first-order valence-electron chi connectivity index (χ1n) is 7.33. The molecule has 0 aliphatic rings. The molecule has 0 radical (unpaired) electrons. The number of anilines is 1. The summed E-state index contributed by atoms with van der Waals surface area (Å²) in [6, 6.07) is 3.77. The third-order valence-electron chi connectivity index (χ3n) is 2.98. The van der Waals surface area contributed by atoms with Gasteiger partial charge in [0.15, 0.2) is 10.2 Å². The van der Waals surface area contributed by atoms with Crippen molar-refractivity contribution in [2.45, 2.75) is 42.8 Å². The van der Waals surface area contributed by atoms with E-state index in [0.29, 0.717) is 12.4 Å². The van der Waals surface area contributed by atoms with Gasteiger partial charge in [-0.05, 0) is 25.5 Å². The second-order valence-corrected chi connectivity index (χ2v) is 7.43. The van der Waals surface area contributed by atoms with Gasteiger partial charge in [0.05, 0.1) is 18.1 Å². The third-order valence-corrected chi connectivity index (χ3v) is 5.04. The lowest BCUT2D eigenvalue weighted by Gasteiger charge is -2.01. The van der Waals surface area contributed by atoms with Gasteiger partial charge in [0.2, 0.25) is 11.0 Å². The Hall–Kier alpha value is -1.87. The van der Waals surface area contributed by atoms with Gasteiger partial charge in [0.1, 0.15) is 5.76 Å². The minimum atomic E-state index is 0.0407. The predicted molar refractivity (Wildman–Crippen MR) is 88.5 cm³/mol. The van der Waals surface area contributed by atoms with E-state index in [9.17, 15) is 0 Å². The van der Waals surface area contributed by atoms with Crippen molar-refractivity contribution in [2.24, 2.45) is 0 Å². The van der Waals surface area contributed by atoms with E-state index in [0.717, 1.165) is 33.9 Å². The van der Waals surface area contributed by atoms with Crippen LogP contribution in [0.1, 0.15) is 43.0 Å². The maximum atomic E-state index is 5.30. The molecule has 122 valence electrons. The van der Waals surface area contributed by atoms with Crippen molar-refractivity contribution in [3.8, 4) is 0 Å². The van der Waals surface area contributed by atoms with Gasteiger partial charge < -0.3 is 14.3 Å². The number of nitrogens with zero attached hydrogens (tertiary/aromatic N) is 4. The van der Waals surface area contributed by atoms with E-state index in [1.54, 1.807) is 18.0 Å². The summed E-state index contributed by atoms with van der Waals surface area (Å²) in [5.74, 6) is 2.24. The SMILES string of the molecule is CCCc1noc(C(C)Sc2nnc(NCc3ccco3)s2)n1. The largest absolute Gasteiger partial charge is 0.467 e. The number of thioether (sulfide) groups is 1. The van der Waals surface area contributed by atoms with Gasteiger partial charge in [-0.1, -0.05) is 35.2 Å². The molecule has 7 nitrogen and oxygen atoms in total. The molecule has 3 aromatic rings. The summed E-state index contributed by atoms with van der Waals surface area (Å²) in [5, 5.41) is 16.3. The van der Waals surface area contributed by atoms with Crippen LogP contribution in [0, 0.1) is 0 Å². The zero-order valence-corrected chi connectivity index (χ0v) is 14.5. The van der Waals surface area contributed by atoms with Crippen molar-refractivity contribution in [1.29, 1.82) is 0 Å². The number of aromatic nitrogens is 4. The van der Waals surface area contributed by atoms with Crippen LogP contribution >= 0.6 is 23.1 Å². The molecule has 0 fully saturated rings. The summed E-state index contributed by atoms with van der Waals surface area (Å²) in [4.78, 5) is 4.40. The van der Waals surface area contributed by atoms with Gasteiger partial charge in [0, 0.05) is 6.42 Å². The van der Waals surface area contributed by atoms with Crippen LogP contribution in [0.4, 0.5) is 5.13 Å². The van der Waals surface area contributed by atoms with Gasteiger partial charge >= 0.3 is 0 Å². The molecule has 0 spiro atoms. The average molecular weight is 351 g/mol. The first-order valence-corrected chi connectivity index (χ1v) is 9.03. The van der Waals surface area contributed by atoms with Gasteiger partial charge in [-0.2, -0.15) is 4.98 Å². The second kappa shape index (κ2) is 7.60. The van der Waals surface area contributed by atoms with Gasteiger partial charge in [-0.3, -0.25) is 0 Å². The van der Waals surface area contributed by atoms with Crippen LogP contribution in [-0.2, 0) is 13.0 Å². The van der Waals surface area contributed by atoms with Crippen LogP contribution in [0.3, 0.4) is 0 Å². The molecule has 1 atom stereocenters. The summed E-state index contributed by atoms with van der Waals surface area (Å²) < 4.78 is 11.4. The Morgan fingerprint density at radius 2 is 2.30 bits per heavy atom. The topological polar surface area (TPSA) is 89.9 Å². The molecule has 0 aliphatic heterocycles. The molecule has 3 rings (SSSR count). The van der Waals surface area contributed by atoms with Crippen molar-refractivity contribution >= 4 is 28.2 Å². The fraction of sp³-hybridized carbons (Fsp3) is 0.429. The summed E-state index contributed by atoms with van der Waals surface area (Å²) in [5.41, 5.74) is 0. The van der Waals surface area contributed by atoms with E-state index in [1.165, 1.54) is 11.3 Å². The van der Waals surface area contributed by atoms with E-state index >= 15 is 0 Å². The first kappa shape index (κ1) is 16.0. The standard InChI is InChI=1S/C14H17N5O2S2/c1-3-5-11-16-12(21-19-11)9(2)22-14-18-17-13(23-14)15-8-10-6-4-7-20-10/h4,6-7,9H,3,5,8H2,1-2H3,(H,15,17). The minimum absolute atomic E-state index is 0.0407. The Bertz CT molecular complexity index is 725. The lowest BCUT2D eigenvalue weighted by atomic mass is 10.3. The van der Waals surface area contributed by atoms with Crippen LogP contribution in [0.2, 0.25) is 0 Å². The molecule has 3 aromatic heterocycles. The van der Waals surface area contributed by atoms with Gasteiger partial charge in [-0.25, -0.2) is 0 Å². The molecule has 0 aromatic carbocycles. The lowest BCUT2D eigenvalue weighted by molar-refractivity contribution is 0.374. The maximum absolute atomic E-state index is 5.30. The highest BCUT2D eigenvalue weighted by Gasteiger charge is 2.18. The minimum Gasteiger partial charge on any atom is -0.467 e. The molecule has 1 unspecified atom stereocenters. The third kappa shape index (κ3) is 4.32. The van der Waals surface area contributed by atoms with E-state index in [2.05, 4.69) is 32.6 Å². The number of rotatable bonds is 8. The van der Waals surface area contributed by atoms with Crippen molar-refractivity contribution in [3.63, 3.8) is 0 Å². The Kier molecular flexibility index (Phi) is 5.29. The Morgan fingerprint density at radius 3 is 3.09 bits per heavy atom. The molecule has 23 heavy (non-hydrogen) atoms. The zero-order valence-electron chi connectivity index (χ0n) is 12.9. The highest BCUT2D eigenvalue weighted by Crippen LogP contribution is 2.36. The highest BCUT2D eigenvalue weighted by atomic mass is 32.2. The Labute approximate surface area is 141 Å². The molecule has 0 bridgehead atoms. The molecule has 3 heterocycles. The number of furan rings is 1. The first-order chi connectivity index (χ1) is 11.2. The van der Waals surface area contributed by atoms with Gasteiger partial charge in [0.25, 0.3) is 0 Å². The van der Waals surface area contributed by atoms with Gasteiger partial charge in [-0.15, -0.1) is 10.2 Å². The second-order valence-electron chi connectivity index (χ2n) is 4.86. The van der Waals surface area contributed by atoms with Crippen LogP contribution in [0.15, 0.2) is 31.7 Å². The fourth-order valence-electron chi connectivity index (χ4n) is 1.86. The van der Waals surface area contributed by atoms with E-state index in [-0.39, 0.29) is 5.25 Å². The van der Waals surface area contributed by atoms with Crippen LogP contribution < -0.4 is 5.32 Å². The van der Waals surface area contributed by atoms with Crippen LogP contribution in [0.5, 0.6) is 0 Å².